The van der Waals surface area contributed by atoms with E-state index in [9.17, 15) is 4.79 Å². The summed E-state index contributed by atoms with van der Waals surface area (Å²) >= 11 is 0. The lowest BCUT2D eigenvalue weighted by Gasteiger charge is -2.27. The van der Waals surface area contributed by atoms with Crippen LogP contribution in [0.3, 0.4) is 0 Å². The Bertz CT molecular complexity index is 328. The Kier molecular flexibility index (Phi) is 2.50. The molecule has 0 radical (unpaired) electrons. The summed E-state index contributed by atoms with van der Waals surface area (Å²) in [5.74, 6) is 0.970. The van der Waals surface area contributed by atoms with Crippen molar-refractivity contribution in [1.29, 1.82) is 0 Å². The number of carbonyl (C=O) groups is 1. The molecule has 0 aliphatic carbocycles. The fourth-order valence-electron chi connectivity index (χ4n) is 1.50. The summed E-state index contributed by atoms with van der Waals surface area (Å²) in [4.78, 5) is 10.7. The van der Waals surface area contributed by atoms with Gasteiger partial charge in [0, 0.05) is 25.9 Å². The van der Waals surface area contributed by atoms with Crippen LogP contribution in [0.1, 0.15) is 18.4 Å². The van der Waals surface area contributed by atoms with Crippen molar-refractivity contribution in [1.82, 2.24) is 5.32 Å². The highest BCUT2D eigenvalue weighted by atomic mass is 16.5. The van der Waals surface area contributed by atoms with Crippen LogP contribution in [0.5, 0.6) is 5.75 Å². The molecule has 0 spiro atoms. The highest BCUT2D eigenvalue weighted by molar-refractivity contribution is 5.69. The fraction of sp³-hybridized carbons (Fsp3) is 0.364. The van der Waals surface area contributed by atoms with Gasteiger partial charge in [-0.2, -0.15) is 0 Å². The van der Waals surface area contributed by atoms with Crippen molar-refractivity contribution in [3.05, 3.63) is 29.8 Å². The Balaban J connectivity index is 2.05. The Morgan fingerprint density at radius 2 is 2.00 bits per heavy atom. The molecule has 2 rings (SSSR count). The molecule has 1 N–H and O–H groups in total. The first-order valence-corrected chi connectivity index (χ1v) is 4.75. The molecule has 1 saturated heterocycles. The fourth-order valence-corrected chi connectivity index (χ4v) is 1.50. The van der Waals surface area contributed by atoms with Crippen molar-refractivity contribution in [3.8, 4) is 5.75 Å². The number of hydrogen-bond acceptors (Lipinski definition) is 3. The third kappa shape index (κ3) is 1.93. The van der Waals surface area contributed by atoms with Crippen LogP contribution >= 0.6 is 0 Å². The molecule has 14 heavy (non-hydrogen) atoms. The maximum atomic E-state index is 10.7. The molecule has 0 aromatic heterocycles. The van der Waals surface area contributed by atoms with Crippen LogP contribution in [0.2, 0.25) is 0 Å². The zero-order valence-electron chi connectivity index (χ0n) is 8.12. The Morgan fingerprint density at radius 3 is 2.43 bits per heavy atom. The van der Waals surface area contributed by atoms with Crippen molar-refractivity contribution in [3.63, 3.8) is 0 Å². The minimum atomic E-state index is -0.275. The molecule has 3 nitrogen and oxygen atoms in total. The van der Waals surface area contributed by atoms with E-state index in [2.05, 4.69) is 5.32 Å². The highest BCUT2D eigenvalue weighted by Crippen LogP contribution is 2.22. The van der Waals surface area contributed by atoms with Crippen LogP contribution in [-0.4, -0.2) is 19.1 Å². The number of nitrogens with one attached hydrogen (secondary N) is 1. The first-order valence-electron chi connectivity index (χ1n) is 4.75. The quantitative estimate of drug-likeness (QED) is 0.565. The predicted octanol–water partition coefficient (Wildman–Crippen LogP) is 1.30. The van der Waals surface area contributed by atoms with Gasteiger partial charge in [-0.25, -0.2) is 0 Å². The van der Waals surface area contributed by atoms with Gasteiger partial charge in [0.2, 0.25) is 0 Å². The van der Waals surface area contributed by atoms with E-state index in [0.29, 0.717) is 11.7 Å². The van der Waals surface area contributed by atoms with Gasteiger partial charge in [-0.15, -0.1) is 0 Å². The second-order valence-corrected chi connectivity index (χ2v) is 3.52. The second-order valence-electron chi connectivity index (χ2n) is 3.52. The Hall–Kier alpha value is -1.35. The molecule has 0 bridgehead atoms. The Morgan fingerprint density at radius 1 is 1.36 bits per heavy atom. The van der Waals surface area contributed by atoms with E-state index < -0.39 is 0 Å². The third-order valence-electron chi connectivity index (χ3n) is 2.39. The SMILES string of the molecule is CC(=O)Oc1ccc(C2CNC2)cc1. The molecule has 1 heterocycles. The molecular weight excluding hydrogens is 178 g/mol. The van der Waals surface area contributed by atoms with E-state index in [4.69, 9.17) is 4.74 Å². The average molecular weight is 191 g/mol. The van der Waals surface area contributed by atoms with Crippen molar-refractivity contribution >= 4 is 5.97 Å². The zero-order valence-corrected chi connectivity index (χ0v) is 8.12. The van der Waals surface area contributed by atoms with Crippen molar-refractivity contribution in [2.24, 2.45) is 0 Å². The lowest BCUT2D eigenvalue weighted by atomic mass is 9.94. The van der Waals surface area contributed by atoms with Crippen LogP contribution < -0.4 is 10.1 Å². The van der Waals surface area contributed by atoms with E-state index in [-0.39, 0.29) is 5.97 Å². The lowest BCUT2D eigenvalue weighted by molar-refractivity contribution is -0.131. The van der Waals surface area contributed by atoms with Crippen LogP contribution in [0.25, 0.3) is 0 Å². The highest BCUT2D eigenvalue weighted by Gasteiger charge is 2.18. The normalized spacial score (nSPS) is 16.1. The lowest BCUT2D eigenvalue weighted by Crippen LogP contribution is -2.39. The molecule has 3 heteroatoms. The minimum absolute atomic E-state index is 0.275. The summed E-state index contributed by atoms with van der Waals surface area (Å²) in [6.07, 6.45) is 0. The first-order chi connectivity index (χ1) is 6.75. The topological polar surface area (TPSA) is 38.3 Å². The summed E-state index contributed by atoms with van der Waals surface area (Å²) in [7, 11) is 0. The van der Waals surface area contributed by atoms with Crippen molar-refractivity contribution in [2.75, 3.05) is 13.1 Å². The zero-order chi connectivity index (χ0) is 9.97. The van der Waals surface area contributed by atoms with E-state index in [0.717, 1.165) is 13.1 Å². The van der Waals surface area contributed by atoms with Gasteiger partial charge in [0.15, 0.2) is 0 Å². The van der Waals surface area contributed by atoms with E-state index >= 15 is 0 Å². The maximum absolute atomic E-state index is 10.7. The number of hydrogen-bond donors (Lipinski definition) is 1. The second kappa shape index (κ2) is 3.80. The van der Waals surface area contributed by atoms with Crippen molar-refractivity contribution < 1.29 is 9.53 Å². The molecule has 0 amide bonds. The van der Waals surface area contributed by atoms with E-state index in [1.54, 1.807) is 0 Å². The molecule has 0 unspecified atom stereocenters. The molecule has 0 saturated carbocycles. The predicted molar refractivity (Wildman–Crippen MR) is 53.4 cm³/mol. The molecule has 1 aliphatic heterocycles. The van der Waals surface area contributed by atoms with Gasteiger partial charge < -0.3 is 10.1 Å². The van der Waals surface area contributed by atoms with E-state index in [1.807, 2.05) is 24.3 Å². The summed E-state index contributed by atoms with van der Waals surface area (Å²) in [5, 5.41) is 3.22. The number of ether oxygens (including phenoxy) is 1. The number of esters is 1. The minimum Gasteiger partial charge on any atom is -0.427 e. The van der Waals surface area contributed by atoms with Crippen molar-refractivity contribution in [2.45, 2.75) is 12.8 Å². The van der Waals surface area contributed by atoms with Crippen LogP contribution in [0, 0.1) is 0 Å². The molecule has 0 atom stereocenters. The summed E-state index contributed by atoms with van der Waals surface area (Å²) in [6.45, 7) is 3.50. The summed E-state index contributed by atoms with van der Waals surface area (Å²) < 4.78 is 4.95. The molecule has 1 aromatic carbocycles. The van der Waals surface area contributed by atoms with Gasteiger partial charge in [-0.1, -0.05) is 12.1 Å². The molecule has 1 aromatic rings. The number of rotatable bonds is 2. The van der Waals surface area contributed by atoms with Gasteiger partial charge in [0.1, 0.15) is 5.75 Å². The van der Waals surface area contributed by atoms with Gasteiger partial charge in [-0.3, -0.25) is 4.79 Å². The maximum Gasteiger partial charge on any atom is 0.308 e. The molecule has 74 valence electrons. The van der Waals surface area contributed by atoms with Gasteiger partial charge in [0.05, 0.1) is 0 Å². The average Bonchev–Trinajstić information content (AvgIpc) is 2.04. The standard InChI is InChI=1S/C11H13NO2/c1-8(13)14-11-4-2-9(3-5-11)10-6-12-7-10/h2-5,10,12H,6-7H2,1H3. The van der Waals surface area contributed by atoms with Gasteiger partial charge in [-0.05, 0) is 17.7 Å². The van der Waals surface area contributed by atoms with Crippen LogP contribution in [-0.2, 0) is 4.79 Å². The summed E-state index contributed by atoms with van der Waals surface area (Å²) in [6, 6.07) is 7.72. The Labute approximate surface area is 83.1 Å². The van der Waals surface area contributed by atoms with Crippen LogP contribution in [0.15, 0.2) is 24.3 Å². The smallest absolute Gasteiger partial charge is 0.308 e. The van der Waals surface area contributed by atoms with Gasteiger partial charge in [0.25, 0.3) is 0 Å². The summed E-state index contributed by atoms with van der Waals surface area (Å²) in [5.41, 5.74) is 1.31. The third-order valence-corrected chi connectivity index (χ3v) is 2.39. The molecule has 1 fully saturated rings. The molecule has 1 aliphatic rings. The van der Waals surface area contributed by atoms with E-state index in [1.165, 1.54) is 12.5 Å². The largest absolute Gasteiger partial charge is 0.427 e. The number of carbonyl (C=O) groups excluding carboxylic acids is 1. The van der Waals surface area contributed by atoms with Gasteiger partial charge >= 0.3 is 5.97 Å². The number of benzene rings is 1. The molecular formula is C11H13NO2. The van der Waals surface area contributed by atoms with Crippen LogP contribution in [0.4, 0.5) is 0 Å². The monoisotopic (exact) mass is 191 g/mol. The first kappa shape index (κ1) is 9.21.